The Balaban J connectivity index is -0.000000107. The minimum Gasteiger partial charge on any atom is -0.759 e. The SMILES string of the molecule is NS(=O)(=O)[O-].O=S(=O)([O-])[O-].[Ni+3]. The van der Waals surface area contributed by atoms with E-state index >= 15 is 0 Å². The second kappa shape index (κ2) is 5.83. The molecule has 0 aliphatic heterocycles. The summed E-state index contributed by atoms with van der Waals surface area (Å²) in [5, 5.41) is 3.77. The first kappa shape index (κ1) is 17.4. The molecule has 0 aliphatic rings. The standard InChI is InChI=1S/H3NO3S.Ni.H2O4S/c1-5(2,3)4;;1-5(2,3)4/h(H3,1,2,3,4);;(H2,1,2,3,4)/q;+3;/p-3. The second-order valence-electron chi connectivity index (χ2n) is 0.901. The Morgan fingerprint density at radius 1 is 0.909 bits per heavy atom. The predicted molar refractivity (Wildman–Crippen MR) is 24.4 cm³/mol. The van der Waals surface area contributed by atoms with Crippen molar-refractivity contribution in [3.63, 3.8) is 0 Å². The van der Waals surface area contributed by atoms with Gasteiger partial charge < -0.3 is 13.7 Å². The Morgan fingerprint density at radius 2 is 0.909 bits per heavy atom. The summed E-state index contributed by atoms with van der Waals surface area (Å²) in [7, 11) is -9.58. The van der Waals surface area contributed by atoms with Gasteiger partial charge in [-0.25, -0.2) is 13.6 Å². The van der Waals surface area contributed by atoms with Crippen LogP contribution in [0.3, 0.4) is 0 Å². The van der Waals surface area contributed by atoms with Crippen molar-refractivity contribution in [2.45, 2.75) is 0 Å². The minimum absolute atomic E-state index is 0. The summed E-state index contributed by atoms with van der Waals surface area (Å²) in [6.45, 7) is 0. The zero-order chi connectivity index (χ0) is 9.00. The molecule has 0 aromatic carbocycles. The molecule has 0 aliphatic carbocycles. The van der Waals surface area contributed by atoms with Crippen LogP contribution in [0.4, 0.5) is 0 Å². The molecule has 2 N–H and O–H groups in total. The molecule has 0 aromatic rings. The van der Waals surface area contributed by atoms with Crippen molar-refractivity contribution in [3.05, 3.63) is 0 Å². The fraction of sp³-hybridized carbons (Fsp3) is 0. The van der Waals surface area contributed by atoms with Crippen LogP contribution < -0.4 is 5.14 Å². The molecule has 0 saturated heterocycles. The normalized spacial score (nSPS) is 10.5. The van der Waals surface area contributed by atoms with Crippen molar-refractivity contribution >= 4 is 20.7 Å². The van der Waals surface area contributed by atoms with Gasteiger partial charge in [0.25, 0.3) is 0 Å². The van der Waals surface area contributed by atoms with Gasteiger partial charge in [-0.1, -0.05) is 0 Å². The Hall–Kier alpha value is 0.234. The van der Waals surface area contributed by atoms with Crippen molar-refractivity contribution in [2.75, 3.05) is 0 Å². The Labute approximate surface area is 73.2 Å². The topological polar surface area (TPSA) is 163 Å². The average molecular weight is 251 g/mol. The van der Waals surface area contributed by atoms with Crippen LogP contribution >= 0.6 is 0 Å². The molecule has 0 saturated carbocycles. The van der Waals surface area contributed by atoms with Crippen molar-refractivity contribution < 1.29 is 47.0 Å². The first-order valence-electron chi connectivity index (χ1n) is 1.40. The maximum Gasteiger partial charge on any atom is 3.00 e. The van der Waals surface area contributed by atoms with Crippen LogP contribution in [0.15, 0.2) is 0 Å². The minimum atomic E-state index is -5.17. The monoisotopic (exact) mass is 250 g/mol. The molecular formula is H2NNiO7S2. The Kier molecular flexibility index (Phi) is 9.20. The Bertz CT molecular complexity index is 213. The zero-order valence-electron chi connectivity index (χ0n) is 4.57. The van der Waals surface area contributed by atoms with E-state index in [0.29, 0.717) is 0 Å². The third-order valence-corrected chi connectivity index (χ3v) is 0. The molecule has 0 unspecified atom stereocenters. The number of nitrogens with two attached hydrogens (primary N) is 1. The van der Waals surface area contributed by atoms with E-state index in [0.717, 1.165) is 0 Å². The van der Waals surface area contributed by atoms with Gasteiger partial charge in [-0.2, -0.15) is 0 Å². The van der Waals surface area contributed by atoms with Gasteiger partial charge in [0.05, 0.1) is 0 Å². The molecular weight excluding hydrogens is 249 g/mol. The van der Waals surface area contributed by atoms with Gasteiger partial charge in [0.1, 0.15) is 0 Å². The van der Waals surface area contributed by atoms with Crippen molar-refractivity contribution in [1.82, 2.24) is 0 Å². The fourth-order valence-electron chi connectivity index (χ4n) is 0. The third kappa shape index (κ3) is 12700. The summed E-state index contributed by atoms with van der Waals surface area (Å²) in [5.74, 6) is 0. The van der Waals surface area contributed by atoms with Crippen LogP contribution in [0.1, 0.15) is 0 Å². The van der Waals surface area contributed by atoms with Crippen LogP contribution in [-0.2, 0) is 37.2 Å². The van der Waals surface area contributed by atoms with E-state index in [1.165, 1.54) is 0 Å². The summed E-state index contributed by atoms with van der Waals surface area (Å²) in [5.41, 5.74) is 0. The van der Waals surface area contributed by atoms with E-state index < -0.39 is 20.7 Å². The van der Waals surface area contributed by atoms with Gasteiger partial charge in [-0.15, -0.1) is 0 Å². The third-order valence-electron chi connectivity index (χ3n) is 0. The molecule has 0 amide bonds. The average Bonchev–Trinajstić information content (AvgIpc) is 1.12. The van der Waals surface area contributed by atoms with Crippen LogP contribution in [0.25, 0.3) is 0 Å². The maximum absolute atomic E-state index is 8.85. The molecule has 0 aromatic heterocycles. The van der Waals surface area contributed by atoms with E-state index in [-0.39, 0.29) is 16.5 Å². The Morgan fingerprint density at radius 3 is 0.909 bits per heavy atom. The zero-order valence-corrected chi connectivity index (χ0v) is 7.19. The first-order valence-corrected chi connectivity index (χ1v) is 4.21. The van der Waals surface area contributed by atoms with Crippen molar-refractivity contribution in [2.24, 2.45) is 5.14 Å². The van der Waals surface area contributed by atoms with Crippen molar-refractivity contribution in [1.29, 1.82) is 0 Å². The molecule has 0 bridgehead atoms. The molecule has 1 radical (unpaired) electrons. The van der Waals surface area contributed by atoms with Gasteiger partial charge in [-0.3, -0.25) is 8.42 Å². The first-order chi connectivity index (χ1) is 4.00. The molecule has 0 heterocycles. The van der Waals surface area contributed by atoms with E-state index in [2.05, 4.69) is 5.14 Å². The van der Waals surface area contributed by atoms with Crippen LogP contribution in [0.2, 0.25) is 0 Å². The number of hydrogen-bond acceptors (Lipinski definition) is 7. The van der Waals surface area contributed by atoms with E-state index in [9.17, 15) is 0 Å². The molecule has 0 fully saturated rings. The summed E-state index contributed by atoms with van der Waals surface area (Å²) in [6, 6.07) is 0. The molecule has 11 heteroatoms. The van der Waals surface area contributed by atoms with Crippen LogP contribution in [0.5, 0.6) is 0 Å². The summed E-state index contributed by atoms with van der Waals surface area (Å²) >= 11 is 0. The fourth-order valence-corrected chi connectivity index (χ4v) is 0. The molecule has 0 rings (SSSR count). The van der Waals surface area contributed by atoms with Crippen molar-refractivity contribution in [3.8, 4) is 0 Å². The van der Waals surface area contributed by atoms with Gasteiger partial charge >= 0.3 is 16.5 Å². The summed E-state index contributed by atoms with van der Waals surface area (Å²) in [6.07, 6.45) is 0. The molecule has 11 heavy (non-hydrogen) atoms. The molecule has 8 nitrogen and oxygen atoms in total. The van der Waals surface area contributed by atoms with Gasteiger partial charge in [-0.05, 0) is 0 Å². The smallest absolute Gasteiger partial charge is 0.759 e. The van der Waals surface area contributed by atoms with Gasteiger partial charge in [0, 0.05) is 10.4 Å². The van der Waals surface area contributed by atoms with Gasteiger partial charge in [0.15, 0.2) is 10.3 Å². The second-order valence-corrected chi connectivity index (χ2v) is 2.70. The molecule has 0 atom stereocenters. The maximum atomic E-state index is 8.85. The summed E-state index contributed by atoms with van der Waals surface area (Å²) in [4.78, 5) is 0. The largest absolute Gasteiger partial charge is 3.00 e. The van der Waals surface area contributed by atoms with E-state index in [1.54, 1.807) is 0 Å². The molecule has 71 valence electrons. The quantitative estimate of drug-likeness (QED) is 0.273. The molecule has 0 spiro atoms. The van der Waals surface area contributed by atoms with E-state index in [1.807, 2.05) is 0 Å². The summed E-state index contributed by atoms with van der Waals surface area (Å²) < 4.78 is 60.6. The van der Waals surface area contributed by atoms with E-state index in [4.69, 9.17) is 30.5 Å². The van der Waals surface area contributed by atoms with Crippen LogP contribution in [0, 0.1) is 0 Å². The van der Waals surface area contributed by atoms with Gasteiger partial charge in [0.2, 0.25) is 0 Å². The number of hydrogen-bond donors (Lipinski definition) is 1. The predicted octanol–water partition coefficient (Wildman–Crippen LogP) is -2.94. The van der Waals surface area contributed by atoms with Crippen LogP contribution in [-0.4, -0.2) is 30.5 Å². The number of rotatable bonds is 0.